The lowest BCUT2D eigenvalue weighted by Gasteiger charge is -2.58. The van der Waals surface area contributed by atoms with Gasteiger partial charge in [0.1, 0.15) is 0 Å². The van der Waals surface area contributed by atoms with Crippen molar-refractivity contribution in [2.75, 3.05) is 0 Å². The zero-order valence-corrected chi connectivity index (χ0v) is 10.6. The lowest BCUT2D eigenvalue weighted by atomic mass is 9.49. The molecule has 0 amide bonds. The minimum atomic E-state index is -0.765. The highest BCUT2D eigenvalue weighted by Crippen LogP contribution is 2.59. The first-order valence-electron chi connectivity index (χ1n) is 6.73. The molecule has 0 saturated heterocycles. The quantitative estimate of drug-likeness (QED) is 0.691. The number of carbonyl (C=O) groups excluding carboxylic acids is 2. The summed E-state index contributed by atoms with van der Waals surface area (Å²) in [6, 6.07) is 0. The fourth-order valence-corrected chi connectivity index (χ4v) is 4.94. The summed E-state index contributed by atoms with van der Waals surface area (Å²) in [5, 5.41) is 0. The number of ether oxygens (including phenoxy) is 1. The predicted octanol–water partition coefficient (Wildman–Crippen LogP) is 2.33. The van der Waals surface area contributed by atoms with E-state index < -0.39 is 5.60 Å². The lowest BCUT2D eigenvalue weighted by Crippen LogP contribution is -2.63. The molecular formula is C14H20O3. The zero-order valence-electron chi connectivity index (χ0n) is 10.6. The Bertz CT molecular complexity index is 344. The number of rotatable bonds is 2. The molecule has 4 aliphatic carbocycles. The van der Waals surface area contributed by atoms with Crippen LogP contribution < -0.4 is 0 Å². The largest absolute Gasteiger partial charge is 0.451 e. The Hall–Kier alpha value is -0.860. The highest BCUT2D eigenvalue weighted by atomic mass is 16.6. The predicted molar refractivity (Wildman–Crippen MR) is 62.2 cm³/mol. The summed E-state index contributed by atoms with van der Waals surface area (Å²) in [5.74, 6) is 1.91. The number of hydrogen-bond donors (Lipinski definition) is 0. The van der Waals surface area contributed by atoms with Gasteiger partial charge in [-0.1, -0.05) is 0 Å². The first-order chi connectivity index (χ1) is 8.02. The Kier molecular flexibility index (Phi) is 2.36. The first kappa shape index (κ1) is 11.2. The standard InChI is InChI=1S/C14H20O3/c1-8(15)14(17-9(2)16)12-4-10-3-11(6-12)7-13(14)5-10/h10-13H,3-7H2,1-2H3. The topological polar surface area (TPSA) is 43.4 Å². The van der Waals surface area contributed by atoms with Crippen molar-refractivity contribution in [1.29, 1.82) is 0 Å². The van der Waals surface area contributed by atoms with Gasteiger partial charge in [-0.15, -0.1) is 0 Å². The molecule has 94 valence electrons. The van der Waals surface area contributed by atoms with E-state index in [1.54, 1.807) is 6.92 Å². The third-order valence-corrected chi connectivity index (χ3v) is 5.21. The van der Waals surface area contributed by atoms with E-state index in [2.05, 4.69) is 0 Å². The van der Waals surface area contributed by atoms with Gasteiger partial charge in [0, 0.05) is 18.8 Å². The molecule has 0 N–H and O–H groups in total. The van der Waals surface area contributed by atoms with Gasteiger partial charge in [-0.3, -0.25) is 9.59 Å². The summed E-state index contributed by atoms with van der Waals surface area (Å²) in [5.41, 5.74) is -0.765. The van der Waals surface area contributed by atoms with Gasteiger partial charge in [-0.05, 0) is 50.9 Å². The number of hydrogen-bond acceptors (Lipinski definition) is 3. The van der Waals surface area contributed by atoms with Crippen LogP contribution in [0.15, 0.2) is 0 Å². The maximum atomic E-state index is 12.1. The molecule has 17 heavy (non-hydrogen) atoms. The Morgan fingerprint density at radius 3 is 1.76 bits per heavy atom. The summed E-state index contributed by atoms with van der Waals surface area (Å²) in [6.07, 6.45) is 5.67. The van der Waals surface area contributed by atoms with Crippen LogP contribution in [0.1, 0.15) is 46.0 Å². The van der Waals surface area contributed by atoms with Crippen molar-refractivity contribution in [3.8, 4) is 0 Å². The molecule has 4 aliphatic rings. The van der Waals surface area contributed by atoms with Crippen molar-refractivity contribution >= 4 is 11.8 Å². The van der Waals surface area contributed by atoms with Crippen molar-refractivity contribution < 1.29 is 14.3 Å². The smallest absolute Gasteiger partial charge is 0.303 e. The highest BCUT2D eigenvalue weighted by Gasteiger charge is 2.61. The number of carbonyl (C=O) groups is 2. The van der Waals surface area contributed by atoms with E-state index in [9.17, 15) is 9.59 Å². The third kappa shape index (κ3) is 1.47. The zero-order chi connectivity index (χ0) is 12.2. The molecule has 0 aromatic rings. The molecule has 4 fully saturated rings. The first-order valence-corrected chi connectivity index (χ1v) is 6.73. The van der Waals surface area contributed by atoms with E-state index in [1.165, 1.54) is 13.3 Å². The van der Waals surface area contributed by atoms with Gasteiger partial charge >= 0.3 is 5.97 Å². The molecule has 4 rings (SSSR count). The van der Waals surface area contributed by atoms with Gasteiger partial charge in [0.15, 0.2) is 11.4 Å². The molecular weight excluding hydrogens is 216 g/mol. The van der Waals surface area contributed by atoms with Gasteiger partial charge in [0.2, 0.25) is 0 Å². The van der Waals surface area contributed by atoms with Crippen LogP contribution >= 0.6 is 0 Å². The minimum absolute atomic E-state index is 0.0708. The summed E-state index contributed by atoms with van der Waals surface area (Å²) < 4.78 is 5.59. The average Bonchev–Trinajstić information content (AvgIpc) is 2.21. The molecule has 0 aromatic heterocycles. The van der Waals surface area contributed by atoms with E-state index in [0.717, 1.165) is 37.5 Å². The lowest BCUT2D eigenvalue weighted by molar-refractivity contribution is -0.207. The molecule has 3 heteroatoms. The van der Waals surface area contributed by atoms with Crippen molar-refractivity contribution in [2.24, 2.45) is 23.7 Å². The molecule has 0 unspecified atom stereocenters. The van der Waals surface area contributed by atoms with Crippen LogP contribution in [-0.2, 0) is 14.3 Å². The van der Waals surface area contributed by atoms with E-state index in [0.29, 0.717) is 11.8 Å². The Labute approximate surface area is 102 Å². The fraction of sp³-hybridized carbons (Fsp3) is 0.857. The van der Waals surface area contributed by atoms with Gasteiger partial charge in [0.05, 0.1) is 0 Å². The highest BCUT2D eigenvalue weighted by molar-refractivity contribution is 5.88. The van der Waals surface area contributed by atoms with E-state index in [-0.39, 0.29) is 11.8 Å². The fourth-order valence-electron chi connectivity index (χ4n) is 4.94. The van der Waals surface area contributed by atoms with Crippen LogP contribution in [0.3, 0.4) is 0 Å². The maximum absolute atomic E-state index is 12.1. The molecule has 0 aliphatic heterocycles. The molecule has 3 nitrogen and oxygen atoms in total. The Balaban J connectivity index is 1.98. The van der Waals surface area contributed by atoms with Crippen LogP contribution in [0.4, 0.5) is 0 Å². The van der Waals surface area contributed by atoms with Gasteiger partial charge in [-0.2, -0.15) is 0 Å². The van der Waals surface area contributed by atoms with Gasteiger partial charge < -0.3 is 4.74 Å². The maximum Gasteiger partial charge on any atom is 0.303 e. The second kappa shape index (κ2) is 3.56. The van der Waals surface area contributed by atoms with E-state index in [4.69, 9.17) is 4.74 Å². The Morgan fingerprint density at radius 2 is 1.41 bits per heavy atom. The minimum Gasteiger partial charge on any atom is -0.451 e. The average molecular weight is 236 g/mol. The molecule has 0 spiro atoms. The number of ketones is 1. The third-order valence-electron chi connectivity index (χ3n) is 5.21. The van der Waals surface area contributed by atoms with Crippen LogP contribution in [0.2, 0.25) is 0 Å². The Morgan fingerprint density at radius 1 is 0.941 bits per heavy atom. The number of Topliss-reactive ketones (excluding diaryl/α,β-unsaturated/α-hetero) is 1. The number of esters is 1. The van der Waals surface area contributed by atoms with Crippen LogP contribution in [0.5, 0.6) is 0 Å². The molecule has 0 aromatic carbocycles. The summed E-state index contributed by atoms with van der Waals surface area (Å²) in [6.45, 7) is 3.03. The monoisotopic (exact) mass is 236 g/mol. The summed E-state index contributed by atoms with van der Waals surface area (Å²) >= 11 is 0. The van der Waals surface area contributed by atoms with Gasteiger partial charge in [-0.25, -0.2) is 0 Å². The van der Waals surface area contributed by atoms with Crippen LogP contribution in [0, 0.1) is 23.7 Å². The van der Waals surface area contributed by atoms with Crippen LogP contribution in [-0.4, -0.2) is 17.4 Å². The van der Waals surface area contributed by atoms with Crippen molar-refractivity contribution in [3.05, 3.63) is 0 Å². The van der Waals surface area contributed by atoms with Gasteiger partial charge in [0.25, 0.3) is 0 Å². The second-order valence-corrected chi connectivity index (χ2v) is 6.25. The van der Waals surface area contributed by atoms with Crippen molar-refractivity contribution in [2.45, 2.75) is 51.6 Å². The second-order valence-electron chi connectivity index (χ2n) is 6.25. The van der Waals surface area contributed by atoms with E-state index in [1.807, 2.05) is 0 Å². The van der Waals surface area contributed by atoms with Crippen LogP contribution in [0.25, 0.3) is 0 Å². The molecule has 4 bridgehead atoms. The summed E-state index contributed by atoms with van der Waals surface area (Å²) in [4.78, 5) is 23.5. The van der Waals surface area contributed by atoms with Crippen molar-refractivity contribution in [1.82, 2.24) is 0 Å². The van der Waals surface area contributed by atoms with E-state index >= 15 is 0 Å². The molecule has 0 radical (unpaired) electrons. The SMILES string of the molecule is CC(=O)OC1(C(C)=O)C2CC3CC(C2)CC1C3. The molecule has 4 saturated carbocycles. The molecule has 0 heterocycles. The molecule has 0 atom stereocenters. The van der Waals surface area contributed by atoms with Crippen molar-refractivity contribution in [3.63, 3.8) is 0 Å². The summed E-state index contributed by atoms with van der Waals surface area (Å²) in [7, 11) is 0. The normalized spacial score (nSPS) is 46.9.